The van der Waals surface area contributed by atoms with Crippen LogP contribution >= 0.6 is 0 Å². The Morgan fingerprint density at radius 3 is 2.48 bits per heavy atom. The molecule has 0 unspecified atom stereocenters. The second-order valence-electron chi connectivity index (χ2n) is 4.82. The maximum absolute atomic E-state index is 12.0. The molecule has 0 bridgehead atoms. The van der Waals surface area contributed by atoms with E-state index in [2.05, 4.69) is 15.4 Å². The summed E-state index contributed by atoms with van der Waals surface area (Å²) in [6, 6.07) is 5.42. The SMILES string of the molecule is NC1=C(C(=O)Nc2ccc(OCC(F)(F)F)cc2)CCC(=O)N1. The van der Waals surface area contributed by atoms with E-state index >= 15 is 0 Å². The predicted molar refractivity (Wildman–Crippen MR) is 75.2 cm³/mol. The average Bonchev–Trinajstić information content (AvgIpc) is 2.45. The lowest BCUT2D eigenvalue weighted by atomic mass is 10.1. The Balaban J connectivity index is 1.97. The molecule has 1 aliphatic rings. The quantitative estimate of drug-likeness (QED) is 0.783. The zero-order valence-corrected chi connectivity index (χ0v) is 11.9. The van der Waals surface area contributed by atoms with Gasteiger partial charge in [0, 0.05) is 12.1 Å². The molecule has 0 saturated heterocycles. The number of benzene rings is 1. The van der Waals surface area contributed by atoms with E-state index in [0.717, 1.165) is 0 Å². The number of alkyl halides is 3. The maximum atomic E-state index is 12.0. The average molecular weight is 329 g/mol. The molecule has 2 amide bonds. The van der Waals surface area contributed by atoms with Crippen LogP contribution in [0.3, 0.4) is 0 Å². The molecule has 0 radical (unpaired) electrons. The number of amides is 2. The van der Waals surface area contributed by atoms with Crippen LogP contribution in [0.15, 0.2) is 35.7 Å². The second kappa shape index (κ2) is 6.59. The summed E-state index contributed by atoms with van der Waals surface area (Å²) in [6.07, 6.45) is -4.04. The van der Waals surface area contributed by atoms with Gasteiger partial charge in [-0.05, 0) is 30.7 Å². The minimum Gasteiger partial charge on any atom is -0.484 e. The molecule has 23 heavy (non-hydrogen) atoms. The predicted octanol–water partition coefficient (Wildman–Crippen LogP) is 1.65. The van der Waals surface area contributed by atoms with Crippen LogP contribution in [0.5, 0.6) is 5.75 Å². The fraction of sp³-hybridized carbons (Fsp3) is 0.286. The number of nitrogens with one attached hydrogen (secondary N) is 2. The summed E-state index contributed by atoms with van der Waals surface area (Å²) in [5.74, 6) is -0.704. The van der Waals surface area contributed by atoms with Gasteiger partial charge in [0.15, 0.2) is 6.61 Å². The molecule has 124 valence electrons. The van der Waals surface area contributed by atoms with Crippen molar-refractivity contribution in [1.29, 1.82) is 0 Å². The number of anilines is 1. The molecule has 0 fully saturated rings. The zero-order valence-electron chi connectivity index (χ0n) is 11.9. The third-order valence-electron chi connectivity index (χ3n) is 2.99. The number of carbonyl (C=O) groups is 2. The van der Waals surface area contributed by atoms with Gasteiger partial charge < -0.3 is 21.1 Å². The number of hydrogen-bond acceptors (Lipinski definition) is 4. The number of rotatable bonds is 4. The molecule has 0 atom stereocenters. The molecular formula is C14H14F3N3O3. The Morgan fingerprint density at radius 1 is 1.26 bits per heavy atom. The summed E-state index contributed by atoms with van der Waals surface area (Å²) in [5, 5.41) is 4.92. The lowest BCUT2D eigenvalue weighted by Crippen LogP contribution is -2.35. The molecule has 0 aliphatic carbocycles. The van der Waals surface area contributed by atoms with E-state index in [1.807, 2.05) is 0 Å². The van der Waals surface area contributed by atoms with E-state index in [9.17, 15) is 22.8 Å². The molecule has 6 nitrogen and oxygen atoms in total. The summed E-state index contributed by atoms with van der Waals surface area (Å²) in [4.78, 5) is 23.2. The molecule has 0 spiro atoms. The summed E-state index contributed by atoms with van der Waals surface area (Å²) >= 11 is 0. The van der Waals surface area contributed by atoms with Gasteiger partial charge in [-0.2, -0.15) is 13.2 Å². The molecule has 9 heteroatoms. The van der Waals surface area contributed by atoms with Crippen molar-refractivity contribution in [3.8, 4) is 5.75 Å². The van der Waals surface area contributed by atoms with Gasteiger partial charge in [0.25, 0.3) is 5.91 Å². The van der Waals surface area contributed by atoms with Crippen molar-refractivity contribution in [2.45, 2.75) is 19.0 Å². The molecule has 1 aliphatic heterocycles. The molecule has 0 aromatic heterocycles. The largest absolute Gasteiger partial charge is 0.484 e. The lowest BCUT2D eigenvalue weighted by Gasteiger charge is -2.17. The highest BCUT2D eigenvalue weighted by Crippen LogP contribution is 2.21. The number of carbonyl (C=O) groups excluding carboxylic acids is 2. The molecule has 2 rings (SSSR count). The summed E-state index contributed by atoms with van der Waals surface area (Å²) in [6.45, 7) is -1.39. The second-order valence-corrected chi connectivity index (χ2v) is 4.82. The van der Waals surface area contributed by atoms with Crippen LogP contribution in [-0.2, 0) is 9.59 Å². The first-order chi connectivity index (χ1) is 10.7. The lowest BCUT2D eigenvalue weighted by molar-refractivity contribution is -0.153. The monoisotopic (exact) mass is 329 g/mol. The third-order valence-corrected chi connectivity index (χ3v) is 2.99. The first-order valence-corrected chi connectivity index (χ1v) is 6.64. The third kappa shape index (κ3) is 4.90. The van der Waals surface area contributed by atoms with Crippen LogP contribution < -0.4 is 21.1 Å². The Bertz CT molecular complexity index is 639. The van der Waals surface area contributed by atoms with Crippen LogP contribution in [0.2, 0.25) is 0 Å². The van der Waals surface area contributed by atoms with E-state index in [1.54, 1.807) is 0 Å². The first kappa shape index (κ1) is 16.7. The summed E-state index contributed by atoms with van der Waals surface area (Å²) in [7, 11) is 0. The van der Waals surface area contributed by atoms with Gasteiger partial charge in [-0.15, -0.1) is 0 Å². The van der Waals surface area contributed by atoms with Crippen molar-refractivity contribution in [3.05, 3.63) is 35.7 Å². The van der Waals surface area contributed by atoms with Crippen LogP contribution in [0.1, 0.15) is 12.8 Å². The van der Waals surface area contributed by atoms with Gasteiger partial charge in [0.2, 0.25) is 5.91 Å². The molecule has 1 aromatic carbocycles. The Kier molecular flexibility index (Phi) is 4.77. The van der Waals surface area contributed by atoms with Gasteiger partial charge in [-0.3, -0.25) is 9.59 Å². The van der Waals surface area contributed by atoms with Crippen LogP contribution in [-0.4, -0.2) is 24.6 Å². The minimum atomic E-state index is -4.41. The molecular weight excluding hydrogens is 315 g/mol. The van der Waals surface area contributed by atoms with Gasteiger partial charge in [0.05, 0.1) is 5.57 Å². The number of halogens is 3. The molecule has 4 N–H and O–H groups in total. The van der Waals surface area contributed by atoms with E-state index in [-0.39, 0.29) is 35.9 Å². The Labute approximate surface area is 129 Å². The van der Waals surface area contributed by atoms with Gasteiger partial charge in [0.1, 0.15) is 11.6 Å². The summed E-state index contributed by atoms with van der Waals surface area (Å²) in [5.41, 5.74) is 6.21. The van der Waals surface area contributed by atoms with Crippen molar-refractivity contribution >= 4 is 17.5 Å². The first-order valence-electron chi connectivity index (χ1n) is 6.64. The van der Waals surface area contributed by atoms with E-state index < -0.39 is 18.7 Å². The van der Waals surface area contributed by atoms with Gasteiger partial charge >= 0.3 is 6.18 Å². The topological polar surface area (TPSA) is 93.5 Å². The smallest absolute Gasteiger partial charge is 0.422 e. The number of ether oxygens (including phenoxy) is 1. The van der Waals surface area contributed by atoms with E-state index in [4.69, 9.17) is 5.73 Å². The number of nitrogens with two attached hydrogens (primary N) is 1. The maximum Gasteiger partial charge on any atom is 0.422 e. The fourth-order valence-corrected chi connectivity index (χ4v) is 1.90. The van der Waals surface area contributed by atoms with Crippen molar-refractivity contribution in [3.63, 3.8) is 0 Å². The molecule has 1 aromatic rings. The minimum absolute atomic E-state index is 0.00359. The van der Waals surface area contributed by atoms with Crippen molar-refractivity contribution in [2.75, 3.05) is 11.9 Å². The normalized spacial score (nSPS) is 15.2. The zero-order chi connectivity index (χ0) is 17.0. The molecule has 0 saturated carbocycles. The number of hydrogen-bond donors (Lipinski definition) is 3. The van der Waals surface area contributed by atoms with Crippen molar-refractivity contribution in [2.24, 2.45) is 5.73 Å². The highest BCUT2D eigenvalue weighted by atomic mass is 19.4. The highest BCUT2D eigenvalue weighted by molar-refractivity contribution is 6.05. The summed E-state index contributed by atoms with van der Waals surface area (Å²) < 4.78 is 40.7. The Hall–Kier alpha value is -2.71. The van der Waals surface area contributed by atoms with E-state index in [1.165, 1.54) is 24.3 Å². The Morgan fingerprint density at radius 2 is 1.91 bits per heavy atom. The standard InChI is InChI=1S/C14H14F3N3O3/c15-14(16,17)7-23-9-3-1-8(2-4-9)19-13(22)10-5-6-11(21)20-12(10)18/h1-4H,5-7,18H2,(H,19,22)(H,20,21). The highest BCUT2D eigenvalue weighted by Gasteiger charge is 2.28. The fourth-order valence-electron chi connectivity index (χ4n) is 1.90. The van der Waals surface area contributed by atoms with Gasteiger partial charge in [-0.1, -0.05) is 0 Å². The van der Waals surface area contributed by atoms with Crippen LogP contribution in [0.25, 0.3) is 0 Å². The van der Waals surface area contributed by atoms with Crippen molar-refractivity contribution in [1.82, 2.24) is 5.32 Å². The van der Waals surface area contributed by atoms with Crippen molar-refractivity contribution < 1.29 is 27.5 Å². The molecule has 1 heterocycles. The van der Waals surface area contributed by atoms with Crippen LogP contribution in [0, 0.1) is 0 Å². The van der Waals surface area contributed by atoms with Crippen LogP contribution in [0.4, 0.5) is 18.9 Å². The van der Waals surface area contributed by atoms with E-state index in [0.29, 0.717) is 5.69 Å². The van der Waals surface area contributed by atoms with Gasteiger partial charge in [-0.25, -0.2) is 0 Å².